The number of ether oxygens (including phenoxy) is 6. The molecule has 1 aromatic carbocycles. The summed E-state index contributed by atoms with van der Waals surface area (Å²) in [6.07, 6.45) is 6.19. The van der Waals surface area contributed by atoms with Gasteiger partial charge in [0.05, 0.1) is 74.7 Å². The molecule has 0 bridgehead atoms. The molecule has 26 heteroatoms. The van der Waals surface area contributed by atoms with Crippen molar-refractivity contribution in [3.8, 4) is 11.4 Å². The highest BCUT2D eigenvalue weighted by molar-refractivity contribution is 7.98. The third-order valence-corrected chi connectivity index (χ3v) is 13.9. The van der Waals surface area contributed by atoms with Crippen LogP contribution in [-0.4, -0.2) is 160 Å². The number of amides is 4. The highest BCUT2D eigenvalue weighted by Gasteiger charge is 2.39. The number of benzene rings is 1. The molecule has 3 aliphatic heterocycles. The lowest BCUT2D eigenvalue weighted by Crippen LogP contribution is -2.46. The lowest BCUT2D eigenvalue weighted by molar-refractivity contribution is -0.173. The number of likely N-dealkylation sites (N-methyl/N-ethyl adjacent to an activating group) is 1. The van der Waals surface area contributed by atoms with Crippen molar-refractivity contribution < 1.29 is 62.0 Å². The average Bonchev–Trinajstić information content (AvgIpc) is 3.03. The molecule has 4 aromatic rings. The standard InChI is InChI=1S/C26H25N3O6.C13H25NO5.C10H20N2O.C3H4N4OS2.C2H6O.2C2H6/c1-4-14-15-7-5-6-8-19(15)28-22-17(14)10-29-20(22)9-16-18(24(29)31)11-34-26(33)23(16)35-25(32)21(13(2)3)27-12-30;1-2-4-13(16)14-5-8-18-10-12-19-11-9-17-7-3-6-15;1-4-9(11-3)10(13)12-7-5-6-8(12)2;4-10-3-7-6-2(9-3)5-1-8;1-3-2;2*1-2/h5-9,12-13,21,23H,4,10-11H2,1-3H3,(H,27,30);6H,2-5,7-12H2,1H3,(H,14,16);8-9,11H,4-7H2,1-3H3;1H,4H2,(H,5,6,8);1-2H3;2*1-2H3/t21-,23?;;;;;;/m0....../s1. The second kappa shape index (κ2) is 44.3. The van der Waals surface area contributed by atoms with Crippen molar-refractivity contribution in [1.82, 2.24) is 40.6 Å². The summed E-state index contributed by atoms with van der Waals surface area (Å²) < 4.78 is 32.9. The Bertz CT molecular complexity index is 2650. The maximum Gasteiger partial charge on any atom is 0.352 e. The topological polar surface area (TPSA) is 313 Å². The predicted molar refractivity (Wildman–Crippen MR) is 326 cm³/mol. The summed E-state index contributed by atoms with van der Waals surface area (Å²) in [6.45, 7) is 24.3. The molecule has 84 heavy (non-hydrogen) atoms. The van der Waals surface area contributed by atoms with Gasteiger partial charge in [-0.2, -0.15) is 0 Å². The van der Waals surface area contributed by atoms with E-state index >= 15 is 0 Å². The monoisotopic (exact) mass is 1220 g/mol. The fraction of sp³-hybridized carbons (Fsp3) is 0.603. The van der Waals surface area contributed by atoms with Gasteiger partial charge >= 0.3 is 11.9 Å². The molecular formula is C58H92N10O14S2. The van der Waals surface area contributed by atoms with E-state index in [1.807, 2.05) is 77.8 Å². The van der Waals surface area contributed by atoms with Crippen LogP contribution in [-0.2, 0) is 81.6 Å². The third-order valence-electron chi connectivity index (χ3n) is 12.5. The number of cyclic esters (lactones) is 1. The van der Waals surface area contributed by atoms with Crippen molar-refractivity contribution in [2.75, 3.05) is 79.3 Å². The van der Waals surface area contributed by atoms with Crippen molar-refractivity contribution in [3.63, 3.8) is 0 Å². The molecule has 0 radical (unpaired) electrons. The summed E-state index contributed by atoms with van der Waals surface area (Å²) in [6, 6.07) is 9.06. The highest BCUT2D eigenvalue weighted by Crippen LogP contribution is 2.39. The van der Waals surface area contributed by atoms with Gasteiger partial charge in [-0.3, -0.25) is 29.1 Å². The van der Waals surface area contributed by atoms with E-state index in [0.717, 1.165) is 78.9 Å². The summed E-state index contributed by atoms with van der Waals surface area (Å²) in [4.78, 5) is 99.6. The van der Waals surface area contributed by atoms with E-state index in [0.29, 0.717) is 111 Å². The number of fused-ring (bicyclic) bond motifs is 5. The minimum absolute atomic E-state index is 0.0144. The summed E-state index contributed by atoms with van der Waals surface area (Å²) in [5.41, 5.74) is 4.44. The molecule has 6 heterocycles. The van der Waals surface area contributed by atoms with Crippen molar-refractivity contribution >= 4 is 82.2 Å². The van der Waals surface area contributed by atoms with E-state index in [1.54, 1.807) is 38.7 Å². The molecular weight excluding hydrogens is 1120 g/mol. The van der Waals surface area contributed by atoms with Crippen molar-refractivity contribution in [2.24, 2.45) is 11.1 Å². The maximum atomic E-state index is 13.5. The number of aryl methyl sites for hydroxylation is 1. The molecule has 0 saturated carbocycles. The molecule has 24 nitrogen and oxygen atoms in total. The van der Waals surface area contributed by atoms with E-state index in [-0.39, 0.29) is 41.5 Å². The number of carbonyl (C=O) groups excluding carboxylic acids is 7. The molecule has 4 amide bonds. The predicted octanol–water partition coefficient (Wildman–Crippen LogP) is 6.32. The molecule has 3 aromatic heterocycles. The van der Waals surface area contributed by atoms with Gasteiger partial charge in [-0.1, -0.05) is 91.8 Å². The smallest absolute Gasteiger partial charge is 0.352 e. The molecule has 1 saturated heterocycles. The minimum atomic E-state index is -1.41. The third kappa shape index (κ3) is 24.4. The van der Waals surface area contributed by atoms with Gasteiger partial charge in [-0.15, -0.1) is 10.2 Å². The number of aromatic nitrogens is 4. The van der Waals surface area contributed by atoms with Crippen molar-refractivity contribution in [2.45, 2.75) is 156 Å². The first-order valence-electron chi connectivity index (χ1n) is 28.6. The number of esters is 2. The van der Waals surface area contributed by atoms with Crippen molar-refractivity contribution in [3.05, 3.63) is 62.9 Å². The first-order chi connectivity index (χ1) is 40.6. The molecule has 3 aliphatic rings. The zero-order valence-electron chi connectivity index (χ0n) is 51.4. The number of likely N-dealkylation sites (tertiary alicyclic amines) is 1. The first-order valence-corrected chi connectivity index (χ1v) is 30.3. The van der Waals surface area contributed by atoms with E-state index in [2.05, 4.69) is 50.0 Å². The van der Waals surface area contributed by atoms with E-state index in [4.69, 9.17) is 33.8 Å². The van der Waals surface area contributed by atoms with Crippen LogP contribution in [0.2, 0.25) is 0 Å². The van der Waals surface area contributed by atoms with Crippen LogP contribution >= 0.6 is 23.3 Å². The lowest BCUT2D eigenvalue weighted by atomic mass is 9.97. The maximum absolute atomic E-state index is 13.5. The summed E-state index contributed by atoms with van der Waals surface area (Å²) in [7, 11) is 5.10. The Morgan fingerprint density at radius 2 is 1.58 bits per heavy atom. The fourth-order valence-electron chi connectivity index (χ4n) is 8.54. The van der Waals surface area contributed by atoms with Gasteiger partial charge in [-0.05, 0) is 81.6 Å². The van der Waals surface area contributed by atoms with Crippen LogP contribution in [0.25, 0.3) is 22.3 Å². The van der Waals surface area contributed by atoms with Gasteiger partial charge in [0.25, 0.3) is 5.56 Å². The highest BCUT2D eigenvalue weighted by atomic mass is 32.2. The van der Waals surface area contributed by atoms with Gasteiger partial charge in [0, 0.05) is 62.7 Å². The van der Waals surface area contributed by atoms with Crippen LogP contribution in [0.1, 0.15) is 136 Å². The zero-order chi connectivity index (χ0) is 63.0. The number of hydrogen-bond donors (Lipinski definition) is 5. The number of para-hydroxylation sites is 1. The van der Waals surface area contributed by atoms with Crippen LogP contribution in [0, 0.1) is 5.92 Å². The normalized spacial score (nSPS) is 14.7. The Balaban J connectivity index is 0.000000605. The Morgan fingerprint density at radius 3 is 2.13 bits per heavy atom. The summed E-state index contributed by atoms with van der Waals surface area (Å²) in [5.74, 6) is -1.47. The SMILES string of the molecule is CC.CC.CCC(NC)C(=O)N1CCCC1C.CCCC(=O)NCCOCCOCCOCCC=O.CCc1c2c(nc3ccccc13)-c1cc3c(c(=O)n1C2)COC(=O)C3OC(=O)[C@@H](NC=O)C(C)C.COC.NSc1nnc(NC=O)s1. The molecule has 0 spiro atoms. The van der Waals surface area contributed by atoms with Gasteiger partial charge < -0.3 is 63.9 Å². The van der Waals surface area contributed by atoms with Crippen LogP contribution in [0.3, 0.4) is 0 Å². The molecule has 470 valence electrons. The van der Waals surface area contributed by atoms with Gasteiger partial charge in [0.2, 0.25) is 35.9 Å². The number of nitrogens with zero attached hydrogens (tertiary/aromatic N) is 5. The molecule has 7 rings (SSSR count). The van der Waals surface area contributed by atoms with Gasteiger partial charge in [0.15, 0.2) is 4.34 Å². The minimum Gasteiger partial charge on any atom is -0.458 e. The van der Waals surface area contributed by atoms with Crippen LogP contribution in [0.4, 0.5) is 5.13 Å². The molecule has 0 aliphatic carbocycles. The summed E-state index contributed by atoms with van der Waals surface area (Å²) in [5, 5.41) is 24.5. The van der Waals surface area contributed by atoms with Gasteiger partial charge in [0.1, 0.15) is 18.9 Å². The Labute approximate surface area is 503 Å². The second-order valence-electron chi connectivity index (χ2n) is 18.4. The number of nitrogens with one attached hydrogen (secondary N) is 4. The number of aldehydes is 1. The Kier molecular flexibility index (Phi) is 39.9. The fourth-order valence-corrected chi connectivity index (χ4v) is 9.49. The number of nitrogens with two attached hydrogens (primary N) is 1. The van der Waals surface area contributed by atoms with Crippen molar-refractivity contribution in [1.29, 1.82) is 0 Å². The Morgan fingerprint density at radius 1 is 0.929 bits per heavy atom. The lowest BCUT2D eigenvalue weighted by Gasteiger charge is -2.27. The van der Waals surface area contributed by atoms with Crippen LogP contribution < -0.4 is 32.0 Å². The molecule has 3 unspecified atom stereocenters. The quantitative estimate of drug-likeness (QED) is 0.0133. The molecule has 1 fully saturated rings. The largest absolute Gasteiger partial charge is 0.458 e. The number of carbonyl (C=O) groups is 7. The second-order valence-corrected chi connectivity index (χ2v) is 20.3. The van der Waals surface area contributed by atoms with E-state index in [1.165, 1.54) is 11.3 Å². The number of rotatable bonds is 26. The number of methoxy groups -OCH3 is 1. The zero-order valence-corrected chi connectivity index (χ0v) is 53.0. The Hall–Kier alpha value is -6.26. The number of hydrogen-bond acceptors (Lipinski definition) is 21. The number of anilines is 1. The molecule has 6 N–H and O–H groups in total. The van der Waals surface area contributed by atoms with E-state index in [9.17, 15) is 38.4 Å². The van der Waals surface area contributed by atoms with Crippen LogP contribution in [0.5, 0.6) is 0 Å². The summed E-state index contributed by atoms with van der Waals surface area (Å²) >= 11 is 2.24. The first kappa shape index (κ1) is 75.8. The average molecular weight is 1220 g/mol. The van der Waals surface area contributed by atoms with E-state index < -0.39 is 24.1 Å². The van der Waals surface area contributed by atoms with Gasteiger partial charge in [-0.25, -0.2) is 14.6 Å². The van der Waals surface area contributed by atoms with Crippen LogP contribution in [0.15, 0.2) is 39.5 Å². The number of pyridine rings is 2. The molecule has 4 atom stereocenters.